The number of halogens is 3. The Balaban J connectivity index is 2.37. The van der Waals surface area contributed by atoms with Crippen molar-refractivity contribution in [2.45, 2.75) is 13.0 Å². The van der Waals surface area contributed by atoms with E-state index >= 15 is 0 Å². The SMILES string of the molecule is CCOc1cc(Cl)c(C(O)c2ccc(Br)o2)cc1Cl. The van der Waals surface area contributed by atoms with Gasteiger partial charge in [0.05, 0.1) is 16.7 Å². The summed E-state index contributed by atoms with van der Waals surface area (Å²) in [6.45, 7) is 2.34. The largest absolute Gasteiger partial charge is 0.492 e. The highest BCUT2D eigenvalue weighted by Crippen LogP contribution is 2.37. The van der Waals surface area contributed by atoms with Crippen LogP contribution in [0.1, 0.15) is 24.4 Å². The average molecular weight is 366 g/mol. The number of rotatable bonds is 4. The van der Waals surface area contributed by atoms with Gasteiger partial charge in [0.25, 0.3) is 0 Å². The van der Waals surface area contributed by atoms with Gasteiger partial charge in [0.1, 0.15) is 17.6 Å². The van der Waals surface area contributed by atoms with E-state index in [0.29, 0.717) is 38.4 Å². The molecule has 102 valence electrons. The van der Waals surface area contributed by atoms with Gasteiger partial charge in [-0.15, -0.1) is 0 Å². The van der Waals surface area contributed by atoms with E-state index in [9.17, 15) is 5.11 Å². The molecule has 1 aromatic carbocycles. The van der Waals surface area contributed by atoms with Gasteiger partial charge in [-0.25, -0.2) is 0 Å². The van der Waals surface area contributed by atoms with Gasteiger partial charge in [-0.3, -0.25) is 0 Å². The highest BCUT2D eigenvalue weighted by atomic mass is 79.9. The highest BCUT2D eigenvalue weighted by Gasteiger charge is 2.19. The maximum Gasteiger partial charge on any atom is 0.169 e. The second-order valence-corrected chi connectivity index (χ2v) is 5.38. The summed E-state index contributed by atoms with van der Waals surface area (Å²) in [7, 11) is 0. The van der Waals surface area contributed by atoms with Crippen molar-refractivity contribution in [1.82, 2.24) is 0 Å². The lowest BCUT2D eigenvalue weighted by molar-refractivity contribution is 0.187. The van der Waals surface area contributed by atoms with Crippen LogP contribution in [-0.4, -0.2) is 11.7 Å². The number of hydrogen-bond acceptors (Lipinski definition) is 3. The molecule has 0 spiro atoms. The first-order valence-corrected chi connectivity index (χ1v) is 7.12. The van der Waals surface area contributed by atoms with Crippen molar-refractivity contribution in [3.05, 3.63) is 50.3 Å². The minimum absolute atomic E-state index is 0.368. The Morgan fingerprint density at radius 2 is 2.05 bits per heavy atom. The van der Waals surface area contributed by atoms with Crippen LogP contribution in [0, 0.1) is 0 Å². The Labute approximate surface area is 129 Å². The van der Waals surface area contributed by atoms with Crippen LogP contribution in [0.15, 0.2) is 33.4 Å². The zero-order valence-corrected chi connectivity index (χ0v) is 13.1. The van der Waals surface area contributed by atoms with Gasteiger partial charge in [0.15, 0.2) is 4.67 Å². The van der Waals surface area contributed by atoms with E-state index in [1.807, 2.05) is 6.92 Å². The monoisotopic (exact) mass is 364 g/mol. The molecule has 0 bridgehead atoms. The van der Waals surface area contributed by atoms with Gasteiger partial charge in [0.2, 0.25) is 0 Å². The topological polar surface area (TPSA) is 42.6 Å². The van der Waals surface area contributed by atoms with E-state index in [-0.39, 0.29) is 0 Å². The maximum absolute atomic E-state index is 10.2. The van der Waals surface area contributed by atoms with Gasteiger partial charge < -0.3 is 14.3 Å². The van der Waals surface area contributed by atoms with Crippen molar-refractivity contribution in [2.24, 2.45) is 0 Å². The molecule has 3 nitrogen and oxygen atoms in total. The van der Waals surface area contributed by atoms with Gasteiger partial charge in [-0.05, 0) is 41.1 Å². The van der Waals surface area contributed by atoms with E-state index in [2.05, 4.69) is 15.9 Å². The van der Waals surface area contributed by atoms with Gasteiger partial charge in [-0.1, -0.05) is 23.2 Å². The standard InChI is InChI=1S/C13H11BrCl2O3/c1-2-18-11-6-8(15)7(5-9(11)16)13(17)10-3-4-12(14)19-10/h3-6,13,17H,2H2,1H3. The van der Waals surface area contributed by atoms with Crippen molar-refractivity contribution < 1.29 is 14.3 Å². The number of hydrogen-bond donors (Lipinski definition) is 1. The van der Waals surface area contributed by atoms with Crippen LogP contribution < -0.4 is 4.74 Å². The fraction of sp³-hybridized carbons (Fsp3) is 0.231. The fourth-order valence-corrected chi connectivity index (χ4v) is 2.45. The van der Waals surface area contributed by atoms with Crippen LogP contribution in [0.2, 0.25) is 10.0 Å². The molecule has 0 aliphatic rings. The molecule has 0 aliphatic carbocycles. The van der Waals surface area contributed by atoms with Crippen molar-refractivity contribution in [3.8, 4) is 5.75 Å². The molecule has 1 N–H and O–H groups in total. The first-order valence-electron chi connectivity index (χ1n) is 5.58. The van der Waals surface area contributed by atoms with Crippen LogP contribution in [-0.2, 0) is 0 Å². The third-order valence-electron chi connectivity index (χ3n) is 2.51. The third kappa shape index (κ3) is 3.26. The van der Waals surface area contributed by atoms with Gasteiger partial charge in [-0.2, -0.15) is 0 Å². The molecule has 2 aromatic rings. The first kappa shape index (κ1) is 14.7. The first-order chi connectivity index (χ1) is 9.02. The summed E-state index contributed by atoms with van der Waals surface area (Å²) in [5.41, 5.74) is 0.469. The Morgan fingerprint density at radius 3 is 2.63 bits per heavy atom. The summed E-state index contributed by atoms with van der Waals surface area (Å²) in [4.78, 5) is 0. The summed E-state index contributed by atoms with van der Waals surface area (Å²) >= 11 is 15.4. The lowest BCUT2D eigenvalue weighted by Gasteiger charge is -2.13. The van der Waals surface area contributed by atoms with Crippen LogP contribution in [0.4, 0.5) is 0 Å². The summed E-state index contributed by atoms with van der Waals surface area (Å²) < 4.78 is 11.2. The summed E-state index contributed by atoms with van der Waals surface area (Å²) in [6, 6.07) is 6.53. The minimum atomic E-state index is -0.980. The van der Waals surface area contributed by atoms with E-state index in [1.54, 1.807) is 24.3 Å². The summed E-state index contributed by atoms with van der Waals surface area (Å²) in [6.07, 6.45) is -0.980. The van der Waals surface area contributed by atoms with E-state index in [4.69, 9.17) is 32.4 Å². The van der Waals surface area contributed by atoms with Gasteiger partial charge >= 0.3 is 0 Å². The van der Waals surface area contributed by atoms with Gasteiger partial charge in [0, 0.05) is 11.6 Å². The fourth-order valence-electron chi connectivity index (χ4n) is 1.65. The molecule has 1 heterocycles. The normalized spacial score (nSPS) is 12.5. The maximum atomic E-state index is 10.2. The number of ether oxygens (including phenoxy) is 1. The molecule has 6 heteroatoms. The average Bonchev–Trinajstić information content (AvgIpc) is 2.79. The van der Waals surface area contributed by atoms with E-state index < -0.39 is 6.10 Å². The Morgan fingerprint density at radius 1 is 1.32 bits per heavy atom. The Kier molecular flexibility index (Phi) is 4.79. The lowest BCUT2D eigenvalue weighted by Crippen LogP contribution is -2.01. The quantitative estimate of drug-likeness (QED) is 0.843. The van der Waals surface area contributed by atoms with Crippen LogP contribution in [0.3, 0.4) is 0 Å². The predicted octanol–water partition coefficient (Wildman–Crippen LogP) is 4.83. The molecule has 0 fully saturated rings. The summed E-state index contributed by atoms with van der Waals surface area (Å²) in [5, 5.41) is 11.0. The number of benzene rings is 1. The second kappa shape index (κ2) is 6.18. The lowest BCUT2D eigenvalue weighted by atomic mass is 10.1. The molecule has 0 radical (unpaired) electrons. The number of aliphatic hydroxyl groups excluding tert-OH is 1. The number of aliphatic hydroxyl groups is 1. The zero-order valence-electron chi connectivity index (χ0n) is 9.99. The summed E-state index contributed by atoms with van der Waals surface area (Å²) in [5.74, 6) is 0.875. The molecule has 1 unspecified atom stereocenters. The van der Waals surface area contributed by atoms with Crippen molar-refractivity contribution in [2.75, 3.05) is 6.61 Å². The zero-order chi connectivity index (χ0) is 14.0. The van der Waals surface area contributed by atoms with Crippen LogP contribution in [0.25, 0.3) is 0 Å². The molecule has 1 aromatic heterocycles. The molecule has 19 heavy (non-hydrogen) atoms. The molecular weight excluding hydrogens is 355 g/mol. The molecular formula is C13H11BrCl2O3. The molecule has 1 atom stereocenters. The Bertz CT molecular complexity index is 583. The second-order valence-electron chi connectivity index (χ2n) is 3.78. The highest BCUT2D eigenvalue weighted by molar-refractivity contribution is 9.10. The number of furan rings is 1. The van der Waals surface area contributed by atoms with Crippen molar-refractivity contribution >= 4 is 39.1 Å². The Hall–Kier alpha value is -0.680. The van der Waals surface area contributed by atoms with E-state index in [1.165, 1.54) is 0 Å². The van der Waals surface area contributed by atoms with Crippen molar-refractivity contribution in [3.63, 3.8) is 0 Å². The smallest absolute Gasteiger partial charge is 0.169 e. The van der Waals surface area contributed by atoms with Crippen LogP contribution in [0.5, 0.6) is 5.75 Å². The molecule has 0 saturated carbocycles. The third-order valence-corrected chi connectivity index (χ3v) is 3.56. The predicted molar refractivity (Wildman–Crippen MR) is 78.1 cm³/mol. The minimum Gasteiger partial charge on any atom is -0.492 e. The molecule has 2 rings (SSSR count). The molecule has 0 aliphatic heterocycles. The molecule has 0 saturated heterocycles. The molecule has 0 amide bonds. The van der Waals surface area contributed by atoms with Crippen LogP contribution >= 0.6 is 39.1 Å². The van der Waals surface area contributed by atoms with Crippen molar-refractivity contribution in [1.29, 1.82) is 0 Å². The van der Waals surface area contributed by atoms with E-state index in [0.717, 1.165) is 0 Å².